The fraction of sp³-hybridized carbons (Fsp3) is 1.00. The molecule has 66 valence electrons. The lowest BCUT2D eigenvalue weighted by molar-refractivity contribution is 0.318. The predicted octanol–water partition coefficient (Wildman–Crippen LogP) is 3.13. The van der Waals surface area contributed by atoms with Crippen LogP contribution in [0.5, 0.6) is 0 Å². The van der Waals surface area contributed by atoms with Gasteiger partial charge in [0.25, 0.3) is 0 Å². The second kappa shape index (κ2) is 3.57. The minimum absolute atomic E-state index is 0.214. The Morgan fingerprint density at radius 1 is 1.18 bits per heavy atom. The van der Waals surface area contributed by atoms with E-state index in [1.807, 2.05) is 0 Å². The van der Waals surface area contributed by atoms with Crippen molar-refractivity contribution in [3.63, 3.8) is 0 Å². The lowest BCUT2D eigenvalue weighted by atomic mass is 10.0. The number of ether oxygens (including phenoxy) is 1. The van der Waals surface area contributed by atoms with Crippen LogP contribution in [0.3, 0.4) is 0 Å². The van der Waals surface area contributed by atoms with Crippen molar-refractivity contribution < 1.29 is 4.74 Å². The summed E-state index contributed by atoms with van der Waals surface area (Å²) in [5, 5.41) is 0. The van der Waals surface area contributed by atoms with Crippen molar-refractivity contribution in [3.8, 4) is 0 Å². The smallest absolute Gasteiger partial charge is 0.0892 e. The SMILES string of the molecule is CCCCCC[C@@H]1OC1(C)C. The van der Waals surface area contributed by atoms with E-state index in [1.165, 1.54) is 32.1 Å². The molecule has 0 spiro atoms. The lowest BCUT2D eigenvalue weighted by Gasteiger charge is -1.97. The monoisotopic (exact) mass is 156 g/mol. The highest BCUT2D eigenvalue weighted by Gasteiger charge is 2.46. The Kier molecular flexibility index (Phi) is 2.94. The van der Waals surface area contributed by atoms with Crippen molar-refractivity contribution in [1.82, 2.24) is 0 Å². The average molecular weight is 156 g/mol. The van der Waals surface area contributed by atoms with Gasteiger partial charge in [-0.1, -0.05) is 32.6 Å². The van der Waals surface area contributed by atoms with Crippen LogP contribution in [-0.4, -0.2) is 11.7 Å². The van der Waals surface area contributed by atoms with E-state index in [4.69, 9.17) is 4.74 Å². The normalized spacial score (nSPS) is 27.0. The molecule has 0 N–H and O–H groups in total. The van der Waals surface area contributed by atoms with E-state index in [-0.39, 0.29) is 5.60 Å². The second-order valence-corrected chi connectivity index (χ2v) is 4.06. The molecule has 0 aliphatic carbocycles. The van der Waals surface area contributed by atoms with Gasteiger partial charge in [-0.15, -0.1) is 0 Å². The number of hydrogen-bond donors (Lipinski definition) is 0. The molecule has 1 aliphatic heterocycles. The molecule has 1 atom stereocenters. The molecule has 0 amide bonds. The minimum Gasteiger partial charge on any atom is -0.367 e. The van der Waals surface area contributed by atoms with Crippen molar-refractivity contribution >= 4 is 0 Å². The van der Waals surface area contributed by atoms with Crippen LogP contribution in [0.25, 0.3) is 0 Å². The highest BCUT2D eigenvalue weighted by atomic mass is 16.6. The van der Waals surface area contributed by atoms with Crippen LogP contribution < -0.4 is 0 Å². The van der Waals surface area contributed by atoms with Gasteiger partial charge in [0.15, 0.2) is 0 Å². The summed E-state index contributed by atoms with van der Waals surface area (Å²) >= 11 is 0. The quantitative estimate of drug-likeness (QED) is 0.440. The third-order valence-corrected chi connectivity index (χ3v) is 2.48. The summed E-state index contributed by atoms with van der Waals surface area (Å²) in [4.78, 5) is 0. The molecule has 0 saturated carbocycles. The number of epoxide rings is 1. The molecule has 1 nitrogen and oxygen atoms in total. The van der Waals surface area contributed by atoms with Gasteiger partial charge in [0.2, 0.25) is 0 Å². The van der Waals surface area contributed by atoms with Gasteiger partial charge in [0, 0.05) is 0 Å². The fourth-order valence-corrected chi connectivity index (χ4v) is 1.50. The molecule has 1 saturated heterocycles. The number of hydrogen-bond acceptors (Lipinski definition) is 1. The largest absolute Gasteiger partial charge is 0.367 e. The van der Waals surface area contributed by atoms with Gasteiger partial charge in [-0.3, -0.25) is 0 Å². The van der Waals surface area contributed by atoms with Gasteiger partial charge >= 0.3 is 0 Å². The van der Waals surface area contributed by atoms with Gasteiger partial charge in [-0.05, 0) is 20.3 Å². The second-order valence-electron chi connectivity index (χ2n) is 4.06. The van der Waals surface area contributed by atoms with Gasteiger partial charge in [-0.25, -0.2) is 0 Å². The van der Waals surface area contributed by atoms with Crippen molar-refractivity contribution in [2.45, 2.75) is 64.6 Å². The maximum absolute atomic E-state index is 5.48. The maximum atomic E-state index is 5.48. The molecule has 0 unspecified atom stereocenters. The first kappa shape index (κ1) is 9.05. The zero-order valence-electron chi connectivity index (χ0n) is 8.02. The number of rotatable bonds is 5. The standard InChI is InChI=1S/C10H20O/c1-4-5-6-7-8-9-10(2,3)11-9/h9H,4-8H2,1-3H3/t9-/m0/s1. The number of unbranched alkanes of at least 4 members (excludes halogenated alkanes) is 3. The van der Waals surface area contributed by atoms with E-state index < -0.39 is 0 Å². The molecule has 1 rings (SSSR count). The Morgan fingerprint density at radius 2 is 1.82 bits per heavy atom. The summed E-state index contributed by atoms with van der Waals surface area (Å²) in [7, 11) is 0. The van der Waals surface area contributed by atoms with Crippen LogP contribution in [0.1, 0.15) is 52.9 Å². The Morgan fingerprint density at radius 3 is 2.27 bits per heavy atom. The van der Waals surface area contributed by atoms with E-state index in [2.05, 4.69) is 20.8 Å². The zero-order chi connectivity index (χ0) is 8.32. The van der Waals surface area contributed by atoms with E-state index in [0.29, 0.717) is 6.10 Å². The summed E-state index contributed by atoms with van der Waals surface area (Å²) in [5.41, 5.74) is 0.214. The van der Waals surface area contributed by atoms with Gasteiger partial charge in [0.1, 0.15) is 0 Å². The Bertz CT molecular complexity index is 118. The van der Waals surface area contributed by atoms with Crippen LogP contribution in [0.15, 0.2) is 0 Å². The first-order chi connectivity index (χ1) is 5.17. The van der Waals surface area contributed by atoms with Crippen LogP contribution in [0.4, 0.5) is 0 Å². The molecular weight excluding hydrogens is 136 g/mol. The molecule has 0 radical (unpaired) electrons. The lowest BCUT2D eigenvalue weighted by Crippen LogP contribution is -2.02. The van der Waals surface area contributed by atoms with Crippen molar-refractivity contribution in [2.75, 3.05) is 0 Å². The topological polar surface area (TPSA) is 12.5 Å². The summed E-state index contributed by atoms with van der Waals surface area (Å²) in [5.74, 6) is 0. The molecule has 1 heteroatoms. The van der Waals surface area contributed by atoms with Crippen molar-refractivity contribution in [3.05, 3.63) is 0 Å². The third kappa shape index (κ3) is 2.82. The van der Waals surface area contributed by atoms with Crippen LogP contribution >= 0.6 is 0 Å². The van der Waals surface area contributed by atoms with Gasteiger partial charge < -0.3 is 4.74 Å². The van der Waals surface area contributed by atoms with E-state index in [1.54, 1.807) is 0 Å². The molecule has 0 aromatic carbocycles. The highest BCUT2D eigenvalue weighted by Crippen LogP contribution is 2.38. The summed E-state index contributed by atoms with van der Waals surface area (Å²) in [6.45, 7) is 6.60. The fourth-order valence-electron chi connectivity index (χ4n) is 1.50. The van der Waals surface area contributed by atoms with E-state index >= 15 is 0 Å². The molecule has 11 heavy (non-hydrogen) atoms. The van der Waals surface area contributed by atoms with Crippen LogP contribution in [-0.2, 0) is 4.74 Å². The maximum Gasteiger partial charge on any atom is 0.0892 e. The van der Waals surface area contributed by atoms with Crippen molar-refractivity contribution in [1.29, 1.82) is 0 Å². The van der Waals surface area contributed by atoms with Crippen molar-refractivity contribution in [2.24, 2.45) is 0 Å². The minimum atomic E-state index is 0.214. The molecular formula is C10H20O. The van der Waals surface area contributed by atoms with E-state index in [0.717, 1.165) is 0 Å². The molecule has 1 aliphatic rings. The van der Waals surface area contributed by atoms with Gasteiger partial charge in [-0.2, -0.15) is 0 Å². The third-order valence-electron chi connectivity index (χ3n) is 2.48. The first-order valence-corrected chi connectivity index (χ1v) is 4.84. The van der Waals surface area contributed by atoms with Crippen LogP contribution in [0.2, 0.25) is 0 Å². The molecule has 1 fully saturated rings. The molecule has 0 aromatic rings. The zero-order valence-corrected chi connectivity index (χ0v) is 8.02. The summed E-state index contributed by atoms with van der Waals surface area (Å²) < 4.78 is 5.48. The molecule has 0 aromatic heterocycles. The highest BCUT2D eigenvalue weighted by molar-refractivity contribution is 4.94. The average Bonchev–Trinajstić information content (AvgIpc) is 2.52. The first-order valence-electron chi connectivity index (χ1n) is 4.84. The Labute approximate surface area is 70.1 Å². The summed E-state index contributed by atoms with van der Waals surface area (Å²) in [6, 6.07) is 0. The van der Waals surface area contributed by atoms with E-state index in [9.17, 15) is 0 Å². The van der Waals surface area contributed by atoms with Gasteiger partial charge in [0.05, 0.1) is 11.7 Å². The van der Waals surface area contributed by atoms with Crippen LogP contribution in [0, 0.1) is 0 Å². The predicted molar refractivity (Wildman–Crippen MR) is 47.7 cm³/mol. The Balaban J connectivity index is 1.90. The molecule has 0 bridgehead atoms. The summed E-state index contributed by atoms with van der Waals surface area (Å²) in [6.07, 6.45) is 7.28. The Hall–Kier alpha value is -0.0400. The molecule has 1 heterocycles.